The van der Waals surface area contributed by atoms with Crippen LogP contribution in [-0.4, -0.2) is 36.9 Å². The van der Waals surface area contributed by atoms with Crippen LogP contribution in [0, 0.1) is 21.7 Å². The minimum absolute atomic E-state index is 0.101. The highest BCUT2D eigenvalue weighted by Crippen LogP contribution is 2.32. The molecule has 0 spiro atoms. The smallest absolute Gasteiger partial charge is 0.307 e. The highest BCUT2D eigenvalue weighted by atomic mass is 19.1. The number of halogens is 2. The number of anilines is 1. The molecule has 0 bridgehead atoms. The van der Waals surface area contributed by atoms with Gasteiger partial charge in [-0.15, -0.1) is 0 Å². The molecule has 1 fully saturated rings. The van der Waals surface area contributed by atoms with Gasteiger partial charge >= 0.3 is 5.69 Å². The van der Waals surface area contributed by atoms with Gasteiger partial charge in [-0.3, -0.25) is 10.1 Å². The van der Waals surface area contributed by atoms with Gasteiger partial charge in [-0.05, 0) is 13.3 Å². The summed E-state index contributed by atoms with van der Waals surface area (Å²) in [6, 6.07) is 1.11. The van der Waals surface area contributed by atoms with Crippen molar-refractivity contribution in [2.24, 2.45) is 0 Å². The predicted molar refractivity (Wildman–Crippen MR) is 71.3 cm³/mol. The standard InChI is InChI=1S/C13H16F2N2O4/c1-3-21-12-6-10(13(12)20-2)16-9-5-11(17(18)19)8(15)4-7(9)14/h4-5,10,12-13,16H,3,6H2,1-2H3. The molecule has 6 nitrogen and oxygen atoms in total. The first-order chi connectivity index (χ1) is 9.97. The van der Waals surface area contributed by atoms with Crippen LogP contribution >= 0.6 is 0 Å². The molecular weight excluding hydrogens is 286 g/mol. The summed E-state index contributed by atoms with van der Waals surface area (Å²) in [6.07, 6.45) is 0.196. The topological polar surface area (TPSA) is 73.6 Å². The number of ether oxygens (including phenoxy) is 2. The van der Waals surface area contributed by atoms with Crippen LogP contribution < -0.4 is 5.32 Å². The summed E-state index contributed by atoms with van der Waals surface area (Å²) in [6.45, 7) is 2.39. The summed E-state index contributed by atoms with van der Waals surface area (Å²) in [5.74, 6) is -2.08. The Morgan fingerprint density at radius 3 is 2.71 bits per heavy atom. The van der Waals surface area contributed by atoms with E-state index in [2.05, 4.69) is 5.32 Å². The molecule has 0 aromatic heterocycles. The fraction of sp³-hybridized carbons (Fsp3) is 0.538. The molecule has 0 amide bonds. The Hall–Kier alpha value is -1.80. The van der Waals surface area contributed by atoms with Gasteiger partial charge in [0.15, 0.2) is 0 Å². The number of nitrogens with zero attached hydrogens (tertiary/aromatic N) is 1. The minimum atomic E-state index is -1.20. The van der Waals surface area contributed by atoms with Crippen molar-refractivity contribution in [2.75, 3.05) is 19.0 Å². The van der Waals surface area contributed by atoms with Crippen molar-refractivity contribution in [3.63, 3.8) is 0 Å². The molecular formula is C13H16F2N2O4. The molecule has 2 rings (SSSR count). The molecule has 1 aliphatic carbocycles. The Morgan fingerprint density at radius 2 is 2.14 bits per heavy atom. The zero-order chi connectivity index (χ0) is 15.6. The van der Waals surface area contributed by atoms with E-state index in [-0.39, 0.29) is 23.9 Å². The van der Waals surface area contributed by atoms with E-state index >= 15 is 0 Å². The highest BCUT2D eigenvalue weighted by molar-refractivity contribution is 5.54. The molecule has 116 valence electrons. The Kier molecular flexibility index (Phi) is 4.69. The number of nitrogens with one attached hydrogen (secondary N) is 1. The molecule has 3 atom stereocenters. The first kappa shape index (κ1) is 15.6. The highest BCUT2D eigenvalue weighted by Gasteiger charge is 2.42. The Bertz CT molecular complexity index is 541. The van der Waals surface area contributed by atoms with Crippen LogP contribution in [-0.2, 0) is 9.47 Å². The second-order valence-electron chi connectivity index (χ2n) is 4.72. The third kappa shape index (κ3) is 3.11. The first-order valence-electron chi connectivity index (χ1n) is 6.52. The summed E-state index contributed by atoms with van der Waals surface area (Å²) >= 11 is 0. The average Bonchev–Trinajstić information content (AvgIpc) is 2.39. The maximum absolute atomic E-state index is 13.7. The molecule has 1 aromatic rings. The van der Waals surface area contributed by atoms with E-state index in [4.69, 9.17) is 9.47 Å². The largest absolute Gasteiger partial charge is 0.377 e. The maximum Gasteiger partial charge on any atom is 0.307 e. The van der Waals surface area contributed by atoms with Crippen molar-refractivity contribution in [2.45, 2.75) is 31.6 Å². The number of nitro groups is 1. The molecule has 0 heterocycles. The van der Waals surface area contributed by atoms with Crippen LogP contribution in [0.15, 0.2) is 12.1 Å². The number of benzene rings is 1. The fourth-order valence-corrected chi connectivity index (χ4v) is 2.40. The van der Waals surface area contributed by atoms with Gasteiger partial charge in [-0.1, -0.05) is 0 Å². The molecule has 1 aromatic carbocycles. The lowest BCUT2D eigenvalue weighted by Gasteiger charge is -2.43. The van der Waals surface area contributed by atoms with Gasteiger partial charge in [0.1, 0.15) is 11.9 Å². The molecule has 3 unspecified atom stereocenters. The Labute approximate surface area is 120 Å². The Morgan fingerprint density at radius 1 is 1.43 bits per heavy atom. The first-order valence-corrected chi connectivity index (χ1v) is 6.52. The predicted octanol–water partition coefficient (Wildman–Crippen LogP) is 2.48. The molecule has 1 aliphatic rings. The summed E-state index contributed by atoms with van der Waals surface area (Å²) < 4.78 is 37.7. The molecule has 0 saturated heterocycles. The molecule has 0 aliphatic heterocycles. The number of rotatable bonds is 6. The van der Waals surface area contributed by atoms with Gasteiger partial charge in [0.25, 0.3) is 0 Å². The molecule has 1 saturated carbocycles. The molecule has 21 heavy (non-hydrogen) atoms. The van der Waals surface area contributed by atoms with Crippen LogP contribution in [0.1, 0.15) is 13.3 Å². The second kappa shape index (κ2) is 6.31. The summed E-state index contributed by atoms with van der Waals surface area (Å²) in [7, 11) is 1.51. The fourth-order valence-electron chi connectivity index (χ4n) is 2.40. The normalized spacial score (nSPS) is 24.5. The number of nitro benzene ring substituents is 1. The SMILES string of the molecule is CCOC1CC(Nc2cc([N+](=O)[O-])c(F)cc2F)C1OC. The van der Waals surface area contributed by atoms with Gasteiger partial charge in [0.2, 0.25) is 5.82 Å². The molecule has 8 heteroatoms. The maximum atomic E-state index is 13.7. The lowest BCUT2D eigenvalue weighted by Crippen LogP contribution is -2.56. The summed E-state index contributed by atoms with van der Waals surface area (Å²) in [5.41, 5.74) is -0.890. The van der Waals surface area contributed by atoms with E-state index in [1.807, 2.05) is 6.92 Å². The molecule has 1 N–H and O–H groups in total. The third-order valence-corrected chi connectivity index (χ3v) is 3.48. The van der Waals surface area contributed by atoms with Crippen molar-refractivity contribution in [3.8, 4) is 0 Å². The van der Waals surface area contributed by atoms with Crippen molar-refractivity contribution < 1.29 is 23.2 Å². The zero-order valence-corrected chi connectivity index (χ0v) is 11.6. The van der Waals surface area contributed by atoms with Crippen LogP contribution in [0.2, 0.25) is 0 Å². The quantitative estimate of drug-likeness (QED) is 0.645. The van der Waals surface area contributed by atoms with Crippen LogP contribution in [0.25, 0.3) is 0 Å². The van der Waals surface area contributed by atoms with Crippen LogP contribution in [0.5, 0.6) is 0 Å². The van der Waals surface area contributed by atoms with Crippen molar-refractivity contribution in [1.29, 1.82) is 0 Å². The van der Waals surface area contributed by atoms with E-state index in [1.54, 1.807) is 0 Å². The van der Waals surface area contributed by atoms with Gasteiger partial charge in [-0.25, -0.2) is 4.39 Å². The van der Waals surface area contributed by atoms with Gasteiger partial charge in [-0.2, -0.15) is 4.39 Å². The monoisotopic (exact) mass is 302 g/mol. The lowest BCUT2D eigenvalue weighted by molar-refractivity contribution is -0.387. The van der Waals surface area contributed by atoms with Crippen molar-refractivity contribution in [3.05, 3.63) is 33.9 Å². The van der Waals surface area contributed by atoms with E-state index in [0.717, 1.165) is 6.07 Å². The lowest BCUT2D eigenvalue weighted by atomic mass is 9.85. The van der Waals surface area contributed by atoms with Crippen LogP contribution in [0.3, 0.4) is 0 Å². The van der Waals surface area contributed by atoms with Gasteiger partial charge in [0, 0.05) is 25.8 Å². The number of hydrogen-bond donors (Lipinski definition) is 1. The average molecular weight is 302 g/mol. The zero-order valence-electron chi connectivity index (χ0n) is 11.6. The number of methoxy groups -OCH3 is 1. The molecule has 0 radical (unpaired) electrons. The van der Waals surface area contributed by atoms with E-state index < -0.39 is 22.2 Å². The van der Waals surface area contributed by atoms with E-state index in [9.17, 15) is 18.9 Å². The summed E-state index contributed by atoms with van der Waals surface area (Å²) in [5, 5.41) is 13.5. The second-order valence-corrected chi connectivity index (χ2v) is 4.72. The van der Waals surface area contributed by atoms with Gasteiger partial charge < -0.3 is 14.8 Å². The van der Waals surface area contributed by atoms with E-state index in [0.29, 0.717) is 19.1 Å². The number of hydrogen-bond acceptors (Lipinski definition) is 5. The minimum Gasteiger partial charge on any atom is -0.377 e. The van der Waals surface area contributed by atoms with Crippen LogP contribution in [0.4, 0.5) is 20.2 Å². The van der Waals surface area contributed by atoms with Gasteiger partial charge in [0.05, 0.1) is 22.8 Å². The third-order valence-electron chi connectivity index (χ3n) is 3.48. The summed E-state index contributed by atoms with van der Waals surface area (Å²) in [4.78, 5) is 9.79. The van der Waals surface area contributed by atoms with Crippen molar-refractivity contribution in [1.82, 2.24) is 0 Å². The van der Waals surface area contributed by atoms with E-state index in [1.165, 1.54) is 7.11 Å². The Balaban J connectivity index is 2.13. The van der Waals surface area contributed by atoms with Crippen molar-refractivity contribution >= 4 is 11.4 Å².